The predicted octanol–water partition coefficient (Wildman–Crippen LogP) is 4.14. The van der Waals surface area contributed by atoms with Gasteiger partial charge >= 0.3 is 0 Å². The Labute approximate surface area is 151 Å². The van der Waals surface area contributed by atoms with Gasteiger partial charge in [0.05, 0.1) is 16.1 Å². The molecule has 25 heavy (non-hydrogen) atoms. The van der Waals surface area contributed by atoms with Crippen LogP contribution in [0.25, 0.3) is 0 Å². The van der Waals surface area contributed by atoms with Crippen molar-refractivity contribution in [2.24, 2.45) is 0 Å². The average molecular weight is 355 g/mol. The summed E-state index contributed by atoms with van der Waals surface area (Å²) in [6, 6.07) is 15.2. The molecular weight excluding hydrogens is 336 g/mol. The summed E-state index contributed by atoms with van der Waals surface area (Å²) in [5.41, 5.74) is 2.01. The fourth-order valence-corrected chi connectivity index (χ4v) is 3.77. The van der Waals surface area contributed by atoms with Gasteiger partial charge < -0.3 is 10.2 Å². The summed E-state index contributed by atoms with van der Waals surface area (Å²) in [6.07, 6.45) is 3.13. The number of hydrogen-bond acceptors (Lipinski definition) is 2. The van der Waals surface area contributed by atoms with E-state index < -0.39 is 5.41 Å². The molecule has 0 spiro atoms. The first-order valence-corrected chi connectivity index (χ1v) is 8.95. The first-order valence-electron chi connectivity index (χ1n) is 8.57. The van der Waals surface area contributed by atoms with E-state index in [9.17, 15) is 9.59 Å². The van der Waals surface area contributed by atoms with Crippen molar-refractivity contribution in [2.45, 2.75) is 31.1 Å². The van der Waals surface area contributed by atoms with Crippen LogP contribution in [0.2, 0.25) is 5.02 Å². The van der Waals surface area contributed by atoms with Gasteiger partial charge in [-0.3, -0.25) is 9.59 Å². The number of hydrogen-bond donors (Lipinski definition) is 1. The second-order valence-corrected chi connectivity index (χ2v) is 7.12. The molecule has 1 saturated heterocycles. The number of nitrogens with one attached hydrogen (secondary N) is 1. The van der Waals surface area contributed by atoms with Crippen LogP contribution in [0.4, 0.5) is 11.4 Å². The normalized spacial score (nSPS) is 18.3. The second kappa shape index (κ2) is 6.19. The molecule has 128 valence electrons. The van der Waals surface area contributed by atoms with Gasteiger partial charge in [-0.05, 0) is 43.0 Å². The number of rotatable bonds is 4. The smallest absolute Gasteiger partial charge is 0.235 e. The van der Waals surface area contributed by atoms with Gasteiger partial charge in [-0.2, -0.15) is 0 Å². The third-order valence-corrected chi connectivity index (χ3v) is 5.38. The highest BCUT2D eigenvalue weighted by molar-refractivity contribution is 6.34. The van der Waals surface area contributed by atoms with Gasteiger partial charge in [-0.25, -0.2) is 0 Å². The summed E-state index contributed by atoms with van der Waals surface area (Å²) in [7, 11) is 0. The highest BCUT2D eigenvalue weighted by Gasteiger charge is 2.51. The average Bonchev–Trinajstić information content (AvgIpc) is 3.33. The molecule has 2 fully saturated rings. The van der Waals surface area contributed by atoms with E-state index in [2.05, 4.69) is 5.32 Å². The van der Waals surface area contributed by atoms with Crippen molar-refractivity contribution in [1.29, 1.82) is 0 Å². The van der Waals surface area contributed by atoms with Gasteiger partial charge in [0.25, 0.3) is 0 Å². The Morgan fingerprint density at radius 1 is 1.12 bits per heavy atom. The zero-order valence-corrected chi connectivity index (χ0v) is 14.6. The molecule has 2 amide bonds. The minimum absolute atomic E-state index is 0.000217. The van der Waals surface area contributed by atoms with Gasteiger partial charge in [-0.15, -0.1) is 0 Å². The van der Waals surface area contributed by atoms with E-state index in [4.69, 9.17) is 11.6 Å². The molecule has 1 aliphatic carbocycles. The Morgan fingerprint density at radius 3 is 2.48 bits per heavy atom. The summed E-state index contributed by atoms with van der Waals surface area (Å²) in [6.45, 7) is 0.696. The lowest BCUT2D eigenvalue weighted by Gasteiger charge is -2.19. The summed E-state index contributed by atoms with van der Waals surface area (Å²) in [4.78, 5) is 26.4. The summed E-state index contributed by atoms with van der Waals surface area (Å²) < 4.78 is 0. The van der Waals surface area contributed by atoms with E-state index in [0.29, 0.717) is 29.4 Å². The van der Waals surface area contributed by atoms with Crippen LogP contribution in [0.3, 0.4) is 0 Å². The molecular formula is C20H19ClN2O2. The van der Waals surface area contributed by atoms with Gasteiger partial charge in [0.2, 0.25) is 11.8 Å². The van der Waals surface area contributed by atoms with Crippen LogP contribution in [-0.4, -0.2) is 18.4 Å². The lowest BCUT2D eigenvalue weighted by atomic mass is 9.95. The topological polar surface area (TPSA) is 49.4 Å². The van der Waals surface area contributed by atoms with Gasteiger partial charge in [-0.1, -0.05) is 41.9 Å². The number of carbonyl (C=O) groups is 2. The highest BCUT2D eigenvalue weighted by Crippen LogP contribution is 2.49. The quantitative estimate of drug-likeness (QED) is 0.897. The van der Waals surface area contributed by atoms with E-state index in [-0.39, 0.29) is 11.8 Å². The van der Waals surface area contributed by atoms with Crippen molar-refractivity contribution in [3.05, 3.63) is 59.1 Å². The van der Waals surface area contributed by atoms with Crippen LogP contribution in [0.5, 0.6) is 0 Å². The Balaban J connectivity index is 1.53. The Kier molecular flexibility index (Phi) is 4.00. The highest BCUT2D eigenvalue weighted by atomic mass is 35.5. The maximum atomic E-state index is 12.8. The molecule has 1 saturated carbocycles. The minimum Gasteiger partial charge on any atom is -0.325 e. The van der Waals surface area contributed by atoms with E-state index in [1.165, 1.54) is 0 Å². The molecule has 0 atom stereocenters. The zero-order valence-electron chi connectivity index (χ0n) is 13.8. The first kappa shape index (κ1) is 16.2. The molecule has 1 aliphatic heterocycles. The largest absolute Gasteiger partial charge is 0.325 e. The van der Waals surface area contributed by atoms with Gasteiger partial charge in [0, 0.05) is 18.7 Å². The molecule has 0 radical (unpaired) electrons. The molecule has 2 aliphatic rings. The second-order valence-electron chi connectivity index (χ2n) is 6.72. The van der Waals surface area contributed by atoms with E-state index in [1.807, 2.05) is 42.5 Å². The van der Waals surface area contributed by atoms with Crippen LogP contribution in [-0.2, 0) is 15.0 Å². The molecule has 1 heterocycles. The van der Waals surface area contributed by atoms with Gasteiger partial charge in [0.1, 0.15) is 0 Å². The Bertz CT molecular complexity index is 831. The Morgan fingerprint density at radius 2 is 1.88 bits per heavy atom. The SMILES string of the molecule is O=C1CCCN1c1ccc(NC(=O)C2(c3ccccc3)CC2)cc1Cl. The number of carbonyl (C=O) groups excluding carboxylic acids is 2. The van der Waals surface area contributed by atoms with Crippen LogP contribution in [0.1, 0.15) is 31.2 Å². The lowest BCUT2D eigenvalue weighted by Crippen LogP contribution is -2.28. The fraction of sp³-hybridized carbons (Fsp3) is 0.300. The van der Waals surface area contributed by atoms with E-state index in [0.717, 1.165) is 24.8 Å². The lowest BCUT2D eigenvalue weighted by molar-refractivity contribution is -0.118. The monoisotopic (exact) mass is 354 g/mol. The number of amides is 2. The first-order chi connectivity index (χ1) is 12.1. The number of halogens is 1. The van der Waals surface area contributed by atoms with Crippen molar-refractivity contribution in [1.82, 2.24) is 0 Å². The van der Waals surface area contributed by atoms with Crippen molar-refractivity contribution in [3.8, 4) is 0 Å². The molecule has 5 heteroatoms. The maximum Gasteiger partial charge on any atom is 0.235 e. The van der Waals surface area contributed by atoms with Crippen molar-refractivity contribution in [3.63, 3.8) is 0 Å². The molecule has 2 aromatic rings. The van der Waals surface area contributed by atoms with Gasteiger partial charge in [0.15, 0.2) is 0 Å². The number of benzene rings is 2. The van der Waals surface area contributed by atoms with Crippen molar-refractivity contribution in [2.75, 3.05) is 16.8 Å². The molecule has 4 rings (SSSR count). The van der Waals surface area contributed by atoms with Crippen LogP contribution in [0, 0.1) is 0 Å². The van der Waals surface area contributed by atoms with E-state index in [1.54, 1.807) is 11.0 Å². The molecule has 0 bridgehead atoms. The standard InChI is InChI=1S/C20H19ClN2O2/c21-16-13-15(8-9-17(16)23-12-4-7-18(23)24)22-19(25)20(10-11-20)14-5-2-1-3-6-14/h1-3,5-6,8-9,13H,4,7,10-12H2,(H,22,25). The number of anilines is 2. The Hall–Kier alpha value is -2.33. The summed E-state index contributed by atoms with van der Waals surface area (Å²) >= 11 is 6.36. The van der Waals surface area contributed by atoms with Crippen LogP contribution < -0.4 is 10.2 Å². The van der Waals surface area contributed by atoms with Crippen LogP contribution in [0.15, 0.2) is 48.5 Å². The maximum absolute atomic E-state index is 12.8. The fourth-order valence-electron chi connectivity index (χ4n) is 3.49. The minimum atomic E-state index is -0.419. The molecule has 1 N–H and O–H groups in total. The van der Waals surface area contributed by atoms with E-state index >= 15 is 0 Å². The molecule has 0 unspecified atom stereocenters. The molecule has 0 aromatic heterocycles. The van der Waals surface area contributed by atoms with Crippen molar-refractivity contribution >= 4 is 34.8 Å². The summed E-state index contributed by atoms with van der Waals surface area (Å²) in [5.74, 6) is 0.0967. The van der Waals surface area contributed by atoms with Crippen molar-refractivity contribution < 1.29 is 9.59 Å². The molecule has 4 nitrogen and oxygen atoms in total. The molecule has 2 aromatic carbocycles. The summed E-state index contributed by atoms with van der Waals surface area (Å²) in [5, 5.41) is 3.47. The zero-order chi connectivity index (χ0) is 17.4. The number of nitrogens with zero attached hydrogens (tertiary/aromatic N) is 1. The third kappa shape index (κ3) is 2.91. The third-order valence-electron chi connectivity index (χ3n) is 5.08. The predicted molar refractivity (Wildman–Crippen MR) is 99.0 cm³/mol. The van der Waals surface area contributed by atoms with Crippen LogP contribution >= 0.6 is 11.6 Å².